The van der Waals surface area contributed by atoms with E-state index >= 15 is 0 Å². The molecular weight excluding hydrogens is 314 g/mol. The maximum absolute atomic E-state index is 11.5. The van der Waals surface area contributed by atoms with Gasteiger partial charge >= 0.3 is 0 Å². The zero-order chi connectivity index (χ0) is 17.8. The van der Waals surface area contributed by atoms with Crippen molar-refractivity contribution in [3.8, 4) is 5.75 Å². The molecule has 0 radical (unpaired) electrons. The van der Waals surface area contributed by atoms with Crippen molar-refractivity contribution in [1.82, 2.24) is 14.7 Å². The van der Waals surface area contributed by atoms with Crippen LogP contribution in [0, 0.1) is 12.8 Å². The molecule has 0 aliphatic carbocycles. The molecule has 0 saturated carbocycles. The number of carbonyl (C=O) groups is 1. The van der Waals surface area contributed by atoms with Crippen LogP contribution in [0.5, 0.6) is 5.75 Å². The molecular formula is C20H31N3O2. The average Bonchev–Trinajstić information content (AvgIpc) is 2.97. The molecule has 3 rings (SSSR count). The predicted octanol–water partition coefficient (Wildman–Crippen LogP) is 1.86. The Morgan fingerprint density at radius 3 is 2.44 bits per heavy atom. The van der Waals surface area contributed by atoms with Crippen molar-refractivity contribution in [2.24, 2.45) is 5.92 Å². The van der Waals surface area contributed by atoms with Crippen LogP contribution in [0.2, 0.25) is 0 Å². The van der Waals surface area contributed by atoms with E-state index in [-0.39, 0.29) is 5.91 Å². The molecule has 1 aromatic rings. The van der Waals surface area contributed by atoms with Gasteiger partial charge in [0.25, 0.3) is 0 Å². The van der Waals surface area contributed by atoms with Crippen LogP contribution in [0.25, 0.3) is 0 Å². The molecule has 2 heterocycles. The standard InChI is InChI=1S/C20H31N3O2/c1-16-4-6-19(7-5-16)25-13-12-21-14-17(2)20(15-21)23-10-8-22(9-11-23)18(3)24/h4-7,17,20H,8-15H2,1-3H3. The normalized spacial score (nSPS) is 25.3. The van der Waals surface area contributed by atoms with Gasteiger partial charge in [0, 0.05) is 58.8 Å². The van der Waals surface area contributed by atoms with Gasteiger partial charge in [-0.15, -0.1) is 0 Å². The molecule has 5 nitrogen and oxygen atoms in total. The second kappa shape index (κ2) is 8.19. The number of piperazine rings is 1. The number of hydrogen-bond acceptors (Lipinski definition) is 4. The van der Waals surface area contributed by atoms with E-state index in [0.717, 1.165) is 58.2 Å². The Bertz CT molecular complexity index is 567. The summed E-state index contributed by atoms with van der Waals surface area (Å²) < 4.78 is 5.88. The number of benzene rings is 1. The number of rotatable bonds is 5. The Hall–Kier alpha value is -1.59. The van der Waals surface area contributed by atoms with Crippen LogP contribution in [0.3, 0.4) is 0 Å². The van der Waals surface area contributed by atoms with Crippen molar-refractivity contribution in [3.63, 3.8) is 0 Å². The largest absolute Gasteiger partial charge is 0.492 e. The number of carbonyl (C=O) groups excluding carboxylic acids is 1. The van der Waals surface area contributed by atoms with Crippen LogP contribution in [0.15, 0.2) is 24.3 Å². The average molecular weight is 345 g/mol. The fraction of sp³-hybridized carbons (Fsp3) is 0.650. The molecule has 0 N–H and O–H groups in total. The van der Waals surface area contributed by atoms with Crippen LogP contribution in [0.1, 0.15) is 19.4 Å². The number of amides is 1. The first-order chi connectivity index (χ1) is 12.0. The van der Waals surface area contributed by atoms with Gasteiger partial charge in [-0.3, -0.25) is 14.6 Å². The minimum Gasteiger partial charge on any atom is -0.492 e. The first kappa shape index (κ1) is 18.2. The monoisotopic (exact) mass is 345 g/mol. The van der Waals surface area contributed by atoms with E-state index in [2.05, 4.69) is 35.8 Å². The van der Waals surface area contributed by atoms with Crippen molar-refractivity contribution >= 4 is 5.91 Å². The van der Waals surface area contributed by atoms with Crippen molar-refractivity contribution in [1.29, 1.82) is 0 Å². The molecule has 138 valence electrons. The lowest BCUT2D eigenvalue weighted by atomic mass is 10.0. The molecule has 2 aliphatic heterocycles. The third-order valence-electron chi connectivity index (χ3n) is 5.57. The summed E-state index contributed by atoms with van der Waals surface area (Å²) in [5, 5.41) is 0. The summed E-state index contributed by atoms with van der Waals surface area (Å²) in [5.41, 5.74) is 1.26. The van der Waals surface area contributed by atoms with Gasteiger partial charge < -0.3 is 9.64 Å². The molecule has 0 spiro atoms. The lowest BCUT2D eigenvalue weighted by molar-refractivity contribution is -0.130. The fourth-order valence-electron chi connectivity index (χ4n) is 4.00. The highest BCUT2D eigenvalue weighted by atomic mass is 16.5. The summed E-state index contributed by atoms with van der Waals surface area (Å²) in [6, 6.07) is 8.86. The topological polar surface area (TPSA) is 36.0 Å². The highest BCUT2D eigenvalue weighted by molar-refractivity contribution is 5.73. The Kier molecular flexibility index (Phi) is 5.97. The lowest BCUT2D eigenvalue weighted by Gasteiger charge is -2.39. The maximum Gasteiger partial charge on any atom is 0.219 e. The van der Waals surface area contributed by atoms with Gasteiger partial charge in [-0.05, 0) is 25.0 Å². The number of nitrogens with zero attached hydrogens (tertiary/aromatic N) is 3. The fourth-order valence-corrected chi connectivity index (χ4v) is 4.00. The molecule has 2 saturated heterocycles. The van der Waals surface area contributed by atoms with E-state index in [0.29, 0.717) is 12.0 Å². The quantitative estimate of drug-likeness (QED) is 0.816. The molecule has 5 heteroatoms. The lowest BCUT2D eigenvalue weighted by Crippen LogP contribution is -2.53. The first-order valence-electron chi connectivity index (χ1n) is 9.44. The zero-order valence-corrected chi connectivity index (χ0v) is 15.8. The molecule has 2 unspecified atom stereocenters. The Morgan fingerprint density at radius 1 is 1.12 bits per heavy atom. The van der Waals surface area contributed by atoms with Crippen LogP contribution in [0.4, 0.5) is 0 Å². The van der Waals surface area contributed by atoms with E-state index in [1.165, 1.54) is 5.56 Å². The van der Waals surface area contributed by atoms with Gasteiger partial charge in [0.05, 0.1) is 0 Å². The van der Waals surface area contributed by atoms with Gasteiger partial charge in [-0.1, -0.05) is 24.6 Å². The molecule has 2 atom stereocenters. The molecule has 0 aromatic heterocycles. The van der Waals surface area contributed by atoms with E-state index in [1.54, 1.807) is 6.92 Å². The van der Waals surface area contributed by atoms with Crippen LogP contribution in [-0.2, 0) is 4.79 Å². The second-order valence-electron chi connectivity index (χ2n) is 7.51. The summed E-state index contributed by atoms with van der Waals surface area (Å²) >= 11 is 0. The van der Waals surface area contributed by atoms with E-state index in [4.69, 9.17) is 4.74 Å². The summed E-state index contributed by atoms with van der Waals surface area (Å²) in [6.07, 6.45) is 0. The minimum atomic E-state index is 0.203. The molecule has 25 heavy (non-hydrogen) atoms. The number of likely N-dealkylation sites (tertiary alicyclic amines) is 1. The zero-order valence-electron chi connectivity index (χ0n) is 15.8. The second-order valence-corrected chi connectivity index (χ2v) is 7.51. The third-order valence-corrected chi connectivity index (χ3v) is 5.57. The summed E-state index contributed by atoms with van der Waals surface area (Å²) in [4.78, 5) is 18.5. The minimum absolute atomic E-state index is 0.203. The van der Waals surface area contributed by atoms with Gasteiger partial charge in [0.2, 0.25) is 5.91 Å². The summed E-state index contributed by atoms with van der Waals surface area (Å²) in [5.74, 6) is 1.83. The van der Waals surface area contributed by atoms with Gasteiger partial charge in [-0.2, -0.15) is 0 Å². The van der Waals surface area contributed by atoms with E-state index in [9.17, 15) is 4.79 Å². The molecule has 0 bridgehead atoms. The Morgan fingerprint density at radius 2 is 1.80 bits per heavy atom. The number of aryl methyl sites for hydroxylation is 1. The molecule has 2 aliphatic rings. The van der Waals surface area contributed by atoms with Crippen molar-refractivity contribution < 1.29 is 9.53 Å². The van der Waals surface area contributed by atoms with Crippen LogP contribution < -0.4 is 4.74 Å². The molecule has 2 fully saturated rings. The molecule has 1 aromatic carbocycles. The summed E-state index contributed by atoms with van der Waals surface area (Å²) in [6.45, 7) is 13.8. The number of ether oxygens (including phenoxy) is 1. The summed E-state index contributed by atoms with van der Waals surface area (Å²) in [7, 11) is 0. The van der Waals surface area contributed by atoms with Crippen molar-refractivity contribution in [3.05, 3.63) is 29.8 Å². The smallest absolute Gasteiger partial charge is 0.219 e. The van der Waals surface area contributed by atoms with E-state index < -0.39 is 0 Å². The first-order valence-corrected chi connectivity index (χ1v) is 9.44. The predicted molar refractivity (Wildman–Crippen MR) is 99.9 cm³/mol. The Balaban J connectivity index is 1.42. The van der Waals surface area contributed by atoms with E-state index in [1.807, 2.05) is 17.0 Å². The highest BCUT2D eigenvalue weighted by Gasteiger charge is 2.35. The third kappa shape index (κ3) is 4.73. The van der Waals surface area contributed by atoms with Gasteiger partial charge in [0.15, 0.2) is 0 Å². The van der Waals surface area contributed by atoms with Crippen LogP contribution >= 0.6 is 0 Å². The molecule has 1 amide bonds. The van der Waals surface area contributed by atoms with Crippen molar-refractivity contribution in [2.45, 2.75) is 26.8 Å². The van der Waals surface area contributed by atoms with Crippen LogP contribution in [-0.4, -0.2) is 79.1 Å². The number of hydrogen-bond donors (Lipinski definition) is 0. The SMILES string of the molecule is CC(=O)N1CCN(C2CN(CCOc3ccc(C)cc3)CC2C)CC1. The van der Waals surface area contributed by atoms with Crippen molar-refractivity contribution in [2.75, 3.05) is 52.4 Å². The Labute approximate surface area is 151 Å². The van der Waals surface area contributed by atoms with Gasteiger partial charge in [0.1, 0.15) is 12.4 Å². The van der Waals surface area contributed by atoms with Gasteiger partial charge in [-0.25, -0.2) is 0 Å². The maximum atomic E-state index is 11.5. The highest BCUT2D eigenvalue weighted by Crippen LogP contribution is 2.23.